The Hall–Kier alpha value is -0.120. The Labute approximate surface area is 68.0 Å². The molecule has 0 fully saturated rings. The molecule has 0 aromatic heterocycles. The minimum absolute atomic E-state index is 0.300. The van der Waals surface area contributed by atoms with Crippen LogP contribution in [0.4, 0.5) is 0 Å². The minimum Gasteiger partial charge on any atom is -0.343 e. The molecule has 0 saturated heterocycles. The molecule has 0 atom stereocenters. The van der Waals surface area contributed by atoms with Crippen molar-refractivity contribution in [1.82, 2.24) is 0 Å². The van der Waals surface area contributed by atoms with Crippen molar-refractivity contribution in [2.45, 2.75) is 45.5 Å². The van der Waals surface area contributed by atoms with E-state index in [2.05, 4.69) is 11.7 Å². The Kier molecular flexibility index (Phi) is 5.46. The molecular weight excluding hydrogens is 144 g/mol. The lowest BCUT2D eigenvalue weighted by Gasteiger charge is -2.20. The molecule has 0 aromatic carbocycles. The van der Waals surface area contributed by atoms with E-state index in [1.807, 2.05) is 0 Å². The van der Waals surface area contributed by atoms with Crippen LogP contribution in [-0.2, 0) is 4.74 Å². The molecule has 3 heteroatoms. The molecule has 0 bridgehead atoms. The summed E-state index contributed by atoms with van der Waals surface area (Å²) in [5.41, 5.74) is 0. The van der Waals surface area contributed by atoms with E-state index in [4.69, 9.17) is 10.2 Å². The van der Waals surface area contributed by atoms with E-state index >= 15 is 0 Å². The zero-order chi connectivity index (χ0) is 8.74. The molecule has 0 spiro atoms. The van der Waals surface area contributed by atoms with Crippen molar-refractivity contribution in [3.63, 3.8) is 0 Å². The van der Waals surface area contributed by atoms with Crippen LogP contribution < -0.4 is 0 Å². The molecule has 0 radical (unpaired) electrons. The lowest BCUT2D eigenvalue weighted by Crippen LogP contribution is -2.31. The van der Waals surface area contributed by atoms with Crippen LogP contribution in [0, 0.1) is 0 Å². The van der Waals surface area contributed by atoms with Gasteiger partial charge in [0, 0.05) is 13.0 Å². The minimum atomic E-state index is -1.90. The molecule has 0 aliphatic heterocycles. The number of aliphatic hydroxyl groups is 2. The Morgan fingerprint density at radius 3 is 2.27 bits per heavy atom. The first kappa shape index (κ1) is 10.9. The molecule has 0 unspecified atom stereocenters. The van der Waals surface area contributed by atoms with Crippen molar-refractivity contribution >= 4 is 0 Å². The van der Waals surface area contributed by atoms with Gasteiger partial charge in [-0.25, -0.2) is 0 Å². The summed E-state index contributed by atoms with van der Waals surface area (Å²) in [6.07, 6.45) is 3.18. The predicted octanol–water partition coefficient (Wildman–Crippen LogP) is 1.24. The van der Waals surface area contributed by atoms with Crippen molar-refractivity contribution in [2.24, 2.45) is 0 Å². The fourth-order valence-corrected chi connectivity index (χ4v) is 0.909. The maximum atomic E-state index is 9.07. The molecule has 0 heterocycles. The molecule has 0 aromatic rings. The van der Waals surface area contributed by atoms with Crippen molar-refractivity contribution in [3.8, 4) is 0 Å². The van der Waals surface area contributed by atoms with Gasteiger partial charge in [0.15, 0.2) is 0 Å². The molecule has 11 heavy (non-hydrogen) atoms. The highest BCUT2D eigenvalue weighted by Gasteiger charge is 2.21. The highest BCUT2D eigenvalue weighted by molar-refractivity contribution is 4.50. The number of ether oxygens (including phenoxy) is 1. The van der Waals surface area contributed by atoms with E-state index in [1.165, 1.54) is 0 Å². The molecule has 0 aliphatic carbocycles. The molecule has 0 rings (SSSR count). The van der Waals surface area contributed by atoms with E-state index in [9.17, 15) is 0 Å². The smallest absolute Gasteiger partial charge is 0.277 e. The van der Waals surface area contributed by atoms with Gasteiger partial charge in [0.05, 0.1) is 0 Å². The van der Waals surface area contributed by atoms with Crippen molar-refractivity contribution in [3.05, 3.63) is 0 Å². The second-order valence-corrected chi connectivity index (χ2v) is 2.63. The first-order chi connectivity index (χ1) is 5.12. The zero-order valence-corrected chi connectivity index (χ0v) is 7.34. The highest BCUT2D eigenvalue weighted by atomic mass is 16.8. The summed E-state index contributed by atoms with van der Waals surface area (Å²) in [5.74, 6) is -1.90. The zero-order valence-electron chi connectivity index (χ0n) is 7.34. The van der Waals surface area contributed by atoms with Crippen LogP contribution in [0.3, 0.4) is 0 Å². The maximum absolute atomic E-state index is 9.07. The fraction of sp³-hybridized carbons (Fsp3) is 1.00. The third-order valence-electron chi connectivity index (χ3n) is 1.48. The predicted molar refractivity (Wildman–Crippen MR) is 42.9 cm³/mol. The van der Waals surface area contributed by atoms with Crippen molar-refractivity contribution in [2.75, 3.05) is 6.61 Å². The molecule has 0 amide bonds. The molecule has 0 saturated carbocycles. The van der Waals surface area contributed by atoms with Gasteiger partial charge in [-0.1, -0.05) is 19.8 Å². The second-order valence-electron chi connectivity index (χ2n) is 2.63. The quantitative estimate of drug-likeness (QED) is 0.456. The van der Waals surface area contributed by atoms with Gasteiger partial charge in [-0.2, -0.15) is 0 Å². The SMILES string of the molecule is CCCCCC(O)(O)OCC. The van der Waals surface area contributed by atoms with Gasteiger partial charge in [0.2, 0.25) is 0 Å². The monoisotopic (exact) mass is 162 g/mol. The average Bonchev–Trinajstić information content (AvgIpc) is 1.87. The Morgan fingerprint density at radius 2 is 1.82 bits per heavy atom. The summed E-state index contributed by atoms with van der Waals surface area (Å²) in [5, 5.41) is 18.1. The Morgan fingerprint density at radius 1 is 1.18 bits per heavy atom. The van der Waals surface area contributed by atoms with Crippen molar-refractivity contribution in [1.29, 1.82) is 0 Å². The van der Waals surface area contributed by atoms with E-state index in [0.717, 1.165) is 19.3 Å². The third kappa shape index (κ3) is 6.28. The first-order valence-electron chi connectivity index (χ1n) is 4.21. The first-order valence-corrected chi connectivity index (χ1v) is 4.21. The van der Waals surface area contributed by atoms with Crippen LogP contribution in [0.25, 0.3) is 0 Å². The molecule has 0 aliphatic rings. The molecule has 2 N–H and O–H groups in total. The summed E-state index contributed by atoms with van der Waals surface area (Å²) in [6.45, 7) is 4.14. The van der Waals surface area contributed by atoms with Gasteiger partial charge >= 0.3 is 0 Å². The van der Waals surface area contributed by atoms with E-state index in [1.54, 1.807) is 6.92 Å². The van der Waals surface area contributed by atoms with Gasteiger partial charge in [-0.05, 0) is 13.3 Å². The average molecular weight is 162 g/mol. The Bertz CT molecular complexity index is 91.3. The maximum Gasteiger partial charge on any atom is 0.277 e. The van der Waals surface area contributed by atoms with Crippen LogP contribution in [0.2, 0.25) is 0 Å². The van der Waals surface area contributed by atoms with Gasteiger partial charge in [-0.15, -0.1) is 0 Å². The van der Waals surface area contributed by atoms with E-state index in [-0.39, 0.29) is 0 Å². The molecule has 68 valence electrons. The molecule has 3 nitrogen and oxygen atoms in total. The molecular formula is C8H18O3. The van der Waals surface area contributed by atoms with Crippen LogP contribution in [0.1, 0.15) is 39.5 Å². The number of hydrogen-bond donors (Lipinski definition) is 2. The van der Waals surface area contributed by atoms with Gasteiger partial charge < -0.3 is 14.9 Å². The Balaban J connectivity index is 3.38. The van der Waals surface area contributed by atoms with Crippen molar-refractivity contribution < 1.29 is 14.9 Å². The van der Waals surface area contributed by atoms with Gasteiger partial charge in [-0.3, -0.25) is 0 Å². The number of hydrogen-bond acceptors (Lipinski definition) is 3. The van der Waals surface area contributed by atoms with Gasteiger partial charge in [0.1, 0.15) is 0 Å². The summed E-state index contributed by atoms with van der Waals surface area (Å²) in [6, 6.07) is 0. The number of unbranched alkanes of at least 4 members (excludes halogenated alkanes) is 2. The third-order valence-corrected chi connectivity index (χ3v) is 1.48. The normalized spacial score (nSPS) is 12.0. The summed E-state index contributed by atoms with van der Waals surface area (Å²) in [7, 11) is 0. The number of rotatable bonds is 6. The highest BCUT2D eigenvalue weighted by Crippen LogP contribution is 2.12. The van der Waals surface area contributed by atoms with Crippen LogP contribution in [0.15, 0.2) is 0 Å². The summed E-state index contributed by atoms with van der Waals surface area (Å²) < 4.78 is 4.69. The fourth-order valence-electron chi connectivity index (χ4n) is 0.909. The summed E-state index contributed by atoms with van der Waals surface area (Å²) in [4.78, 5) is 0. The lowest BCUT2D eigenvalue weighted by molar-refractivity contribution is -0.339. The van der Waals surface area contributed by atoms with E-state index < -0.39 is 5.97 Å². The van der Waals surface area contributed by atoms with Crippen LogP contribution in [-0.4, -0.2) is 22.8 Å². The largest absolute Gasteiger partial charge is 0.343 e. The lowest BCUT2D eigenvalue weighted by atomic mass is 10.2. The van der Waals surface area contributed by atoms with Gasteiger partial charge in [0.25, 0.3) is 5.97 Å². The standard InChI is InChI=1S/C8H18O3/c1-3-5-6-7-8(9,10)11-4-2/h9-10H,3-7H2,1-2H3. The summed E-state index contributed by atoms with van der Waals surface area (Å²) >= 11 is 0. The van der Waals surface area contributed by atoms with Crippen LogP contribution in [0.5, 0.6) is 0 Å². The van der Waals surface area contributed by atoms with Crippen LogP contribution >= 0.6 is 0 Å². The topological polar surface area (TPSA) is 49.7 Å². The van der Waals surface area contributed by atoms with E-state index in [0.29, 0.717) is 13.0 Å². The second kappa shape index (κ2) is 5.52.